The average Bonchev–Trinajstić information content (AvgIpc) is 3.46. The van der Waals surface area contributed by atoms with Crippen molar-refractivity contribution < 1.29 is 4.39 Å². The SMILES string of the molecule is Fc1ccccc1-c1nn(-c2ccc(Cl)cc2)cc1CN1CCC(c2ncc[nH]2)CC1. The van der Waals surface area contributed by atoms with E-state index in [-0.39, 0.29) is 5.82 Å². The normalized spacial score (nSPS) is 15.4. The maximum absolute atomic E-state index is 14.6. The lowest BCUT2D eigenvalue weighted by molar-refractivity contribution is 0.202. The average molecular weight is 436 g/mol. The molecule has 1 saturated heterocycles. The second-order valence-electron chi connectivity index (χ2n) is 7.93. The number of rotatable bonds is 5. The molecule has 0 saturated carbocycles. The fourth-order valence-electron chi connectivity index (χ4n) is 4.24. The first kappa shape index (κ1) is 20.0. The molecular formula is C24H23ClFN5. The molecule has 0 aliphatic carbocycles. The molecule has 5 rings (SSSR count). The maximum Gasteiger partial charge on any atom is 0.132 e. The van der Waals surface area contributed by atoms with Crippen molar-refractivity contribution in [1.29, 1.82) is 0 Å². The molecule has 5 nitrogen and oxygen atoms in total. The van der Waals surface area contributed by atoms with Gasteiger partial charge < -0.3 is 4.98 Å². The molecule has 31 heavy (non-hydrogen) atoms. The molecule has 2 aromatic heterocycles. The minimum atomic E-state index is -0.262. The molecular weight excluding hydrogens is 413 g/mol. The molecule has 1 aliphatic rings. The molecule has 2 aromatic carbocycles. The van der Waals surface area contributed by atoms with E-state index in [0.717, 1.165) is 49.6 Å². The Kier molecular flexibility index (Phi) is 5.57. The highest BCUT2D eigenvalue weighted by Gasteiger charge is 2.24. The van der Waals surface area contributed by atoms with Crippen molar-refractivity contribution in [2.24, 2.45) is 0 Å². The standard InChI is InChI=1S/C24H23ClFN5/c25-19-5-7-20(8-6-19)31-16-18(23(29-31)21-3-1-2-4-22(21)26)15-30-13-9-17(10-14-30)24-27-11-12-28-24/h1-8,11-12,16-17H,9-10,13-15H2,(H,27,28). The molecule has 4 aromatic rings. The fraction of sp³-hybridized carbons (Fsp3) is 0.250. The first-order valence-corrected chi connectivity index (χ1v) is 10.9. The monoisotopic (exact) mass is 435 g/mol. The number of hydrogen-bond donors (Lipinski definition) is 1. The summed E-state index contributed by atoms with van der Waals surface area (Å²) >= 11 is 6.04. The van der Waals surface area contributed by atoms with E-state index in [2.05, 4.69) is 14.9 Å². The van der Waals surface area contributed by atoms with Gasteiger partial charge in [0.25, 0.3) is 0 Å². The number of nitrogens with zero attached hydrogens (tertiary/aromatic N) is 4. The van der Waals surface area contributed by atoms with Crippen molar-refractivity contribution in [1.82, 2.24) is 24.6 Å². The predicted octanol–water partition coefficient (Wildman–Crippen LogP) is 5.43. The van der Waals surface area contributed by atoms with Crippen LogP contribution in [0.4, 0.5) is 4.39 Å². The third-order valence-corrected chi connectivity index (χ3v) is 6.15. The number of hydrogen-bond acceptors (Lipinski definition) is 3. The number of aromatic nitrogens is 4. The van der Waals surface area contributed by atoms with Gasteiger partial charge in [-0.05, 0) is 62.3 Å². The zero-order chi connectivity index (χ0) is 21.2. The third-order valence-electron chi connectivity index (χ3n) is 5.90. The van der Waals surface area contributed by atoms with Gasteiger partial charge in [-0.25, -0.2) is 14.1 Å². The number of aromatic amines is 1. The second-order valence-corrected chi connectivity index (χ2v) is 8.37. The smallest absolute Gasteiger partial charge is 0.132 e. The highest BCUT2D eigenvalue weighted by Crippen LogP contribution is 2.30. The van der Waals surface area contributed by atoms with Crippen molar-refractivity contribution in [3.63, 3.8) is 0 Å². The summed E-state index contributed by atoms with van der Waals surface area (Å²) in [5, 5.41) is 5.43. The van der Waals surface area contributed by atoms with Gasteiger partial charge in [-0.1, -0.05) is 23.7 Å². The Balaban J connectivity index is 1.42. The minimum absolute atomic E-state index is 0.262. The van der Waals surface area contributed by atoms with Crippen molar-refractivity contribution in [2.45, 2.75) is 25.3 Å². The number of piperidine rings is 1. The van der Waals surface area contributed by atoms with Gasteiger partial charge in [-0.3, -0.25) is 4.90 Å². The number of benzene rings is 2. The molecule has 0 atom stereocenters. The van der Waals surface area contributed by atoms with Gasteiger partial charge in [-0.15, -0.1) is 0 Å². The largest absolute Gasteiger partial charge is 0.348 e. The first-order valence-electron chi connectivity index (χ1n) is 10.5. The van der Waals surface area contributed by atoms with Gasteiger partial charge in [0.2, 0.25) is 0 Å². The number of imidazole rings is 1. The molecule has 1 aliphatic heterocycles. The molecule has 0 amide bonds. The highest BCUT2D eigenvalue weighted by atomic mass is 35.5. The van der Waals surface area contributed by atoms with Crippen LogP contribution < -0.4 is 0 Å². The van der Waals surface area contributed by atoms with Gasteiger partial charge in [0.1, 0.15) is 17.3 Å². The second kappa shape index (κ2) is 8.65. The van der Waals surface area contributed by atoms with E-state index in [1.54, 1.807) is 12.1 Å². The zero-order valence-corrected chi connectivity index (χ0v) is 17.8. The highest BCUT2D eigenvalue weighted by molar-refractivity contribution is 6.30. The Morgan fingerprint density at radius 1 is 1.06 bits per heavy atom. The summed E-state index contributed by atoms with van der Waals surface area (Å²) in [5.74, 6) is 1.28. The molecule has 0 unspecified atom stereocenters. The third kappa shape index (κ3) is 4.27. The van der Waals surface area contributed by atoms with Crippen LogP contribution in [0.15, 0.2) is 67.1 Å². The molecule has 158 valence electrons. The van der Waals surface area contributed by atoms with Crippen LogP contribution in [0.1, 0.15) is 30.1 Å². The van der Waals surface area contributed by atoms with E-state index in [0.29, 0.717) is 22.2 Å². The maximum atomic E-state index is 14.6. The van der Waals surface area contributed by atoms with Crippen LogP contribution in [-0.2, 0) is 6.54 Å². The predicted molar refractivity (Wildman–Crippen MR) is 120 cm³/mol. The van der Waals surface area contributed by atoms with Crippen LogP contribution in [0.5, 0.6) is 0 Å². The Bertz CT molecular complexity index is 1150. The molecule has 0 spiro atoms. The summed E-state index contributed by atoms with van der Waals surface area (Å²) in [6.45, 7) is 2.66. The summed E-state index contributed by atoms with van der Waals surface area (Å²) in [4.78, 5) is 10.1. The molecule has 1 N–H and O–H groups in total. The Morgan fingerprint density at radius 3 is 2.55 bits per heavy atom. The molecule has 0 bridgehead atoms. The molecule has 3 heterocycles. The summed E-state index contributed by atoms with van der Waals surface area (Å²) in [5.41, 5.74) is 3.11. The van der Waals surface area contributed by atoms with Gasteiger partial charge in [-0.2, -0.15) is 5.10 Å². The van der Waals surface area contributed by atoms with E-state index < -0.39 is 0 Å². The van der Waals surface area contributed by atoms with Gasteiger partial charge >= 0.3 is 0 Å². The lowest BCUT2D eigenvalue weighted by Gasteiger charge is -2.31. The van der Waals surface area contributed by atoms with E-state index >= 15 is 0 Å². The van der Waals surface area contributed by atoms with Crippen molar-refractivity contribution in [3.8, 4) is 16.9 Å². The summed E-state index contributed by atoms with van der Waals surface area (Å²) in [7, 11) is 0. The van der Waals surface area contributed by atoms with Crippen LogP contribution in [0.3, 0.4) is 0 Å². The van der Waals surface area contributed by atoms with Gasteiger partial charge in [0.15, 0.2) is 0 Å². The van der Waals surface area contributed by atoms with E-state index in [4.69, 9.17) is 16.7 Å². The Labute approximate surface area is 185 Å². The van der Waals surface area contributed by atoms with Crippen LogP contribution in [-0.4, -0.2) is 37.7 Å². The van der Waals surface area contributed by atoms with Crippen LogP contribution in [0, 0.1) is 5.82 Å². The van der Waals surface area contributed by atoms with Crippen molar-refractivity contribution >= 4 is 11.6 Å². The summed E-state index contributed by atoms with van der Waals surface area (Å²) in [6, 6.07) is 14.3. The topological polar surface area (TPSA) is 49.7 Å². The molecule has 1 fully saturated rings. The number of nitrogens with one attached hydrogen (secondary N) is 1. The van der Waals surface area contributed by atoms with E-state index in [1.807, 2.05) is 53.6 Å². The summed E-state index contributed by atoms with van der Waals surface area (Å²) < 4.78 is 16.4. The van der Waals surface area contributed by atoms with Crippen molar-refractivity contribution in [2.75, 3.05) is 13.1 Å². The lowest BCUT2D eigenvalue weighted by Crippen LogP contribution is -2.32. The van der Waals surface area contributed by atoms with Crippen LogP contribution in [0.2, 0.25) is 5.02 Å². The van der Waals surface area contributed by atoms with E-state index in [9.17, 15) is 4.39 Å². The number of H-pyrrole nitrogens is 1. The van der Waals surface area contributed by atoms with Crippen LogP contribution >= 0.6 is 11.6 Å². The Hall–Kier alpha value is -2.96. The number of halogens is 2. The fourth-order valence-corrected chi connectivity index (χ4v) is 4.36. The van der Waals surface area contributed by atoms with Gasteiger partial charge in [0, 0.05) is 47.2 Å². The van der Waals surface area contributed by atoms with Crippen molar-refractivity contribution in [3.05, 3.63) is 89.3 Å². The van der Waals surface area contributed by atoms with Crippen LogP contribution in [0.25, 0.3) is 16.9 Å². The molecule has 7 heteroatoms. The van der Waals surface area contributed by atoms with E-state index in [1.165, 1.54) is 6.07 Å². The zero-order valence-electron chi connectivity index (χ0n) is 17.0. The lowest BCUT2D eigenvalue weighted by atomic mass is 9.95. The first-order chi connectivity index (χ1) is 15.2. The molecule has 0 radical (unpaired) electrons. The minimum Gasteiger partial charge on any atom is -0.348 e. The van der Waals surface area contributed by atoms with Gasteiger partial charge in [0.05, 0.1) is 5.69 Å². The Morgan fingerprint density at radius 2 is 1.84 bits per heavy atom. The summed E-state index contributed by atoms with van der Waals surface area (Å²) in [6.07, 6.45) is 7.80. The quantitative estimate of drug-likeness (QED) is 0.454. The number of likely N-dealkylation sites (tertiary alicyclic amines) is 1.